The summed E-state index contributed by atoms with van der Waals surface area (Å²) < 4.78 is 5.92. The number of nitrogens with zero attached hydrogens (tertiary/aromatic N) is 3. The van der Waals surface area contributed by atoms with Crippen LogP contribution in [0.15, 0.2) is 91.4 Å². The predicted octanol–water partition coefficient (Wildman–Crippen LogP) is 5.02. The summed E-state index contributed by atoms with van der Waals surface area (Å²) in [7, 11) is 0. The first-order valence-electron chi connectivity index (χ1n) is 8.91. The molecular formula is C22H19N5O. The van der Waals surface area contributed by atoms with E-state index in [-0.39, 0.29) is 0 Å². The zero-order valence-electron chi connectivity index (χ0n) is 15.1. The van der Waals surface area contributed by atoms with Gasteiger partial charge in [-0.2, -0.15) is 0 Å². The normalized spacial score (nSPS) is 10.3. The third-order valence-corrected chi connectivity index (χ3v) is 3.97. The van der Waals surface area contributed by atoms with Crippen LogP contribution in [-0.4, -0.2) is 15.0 Å². The van der Waals surface area contributed by atoms with Gasteiger partial charge < -0.3 is 15.4 Å². The average Bonchev–Trinajstić information content (AvgIpc) is 2.76. The third kappa shape index (κ3) is 4.62. The Morgan fingerprint density at radius 2 is 1.50 bits per heavy atom. The molecule has 0 amide bonds. The molecule has 0 bridgehead atoms. The molecule has 0 aliphatic heterocycles. The molecule has 4 rings (SSSR count). The highest BCUT2D eigenvalue weighted by atomic mass is 16.5. The first kappa shape index (κ1) is 17.5. The van der Waals surface area contributed by atoms with Crippen molar-refractivity contribution in [3.8, 4) is 11.6 Å². The standard InChI is InChI=1S/C22H19N5O/c1-2-6-17(7-3-1)16-26-21-22(25-15-14-24-21)28-19-11-9-18(10-12-19)27-20-8-4-5-13-23-20/h1-15H,16H2,(H,23,27)(H,24,26). The molecule has 0 saturated carbocycles. The summed E-state index contributed by atoms with van der Waals surface area (Å²) in [6, 6.07) is 23.4. The van der Waals surface area contributed by atoms with Gasteiger partial charge in [0.1, 0.15) is 11.6 Å². The minimum Gasteiger partial charge on any atom is -0.436 e. The summed E-state index contributed by atoms with van der Waals surface area (Å²) >= 11 is 0. The van der Waals surface area contributed by atoms with Crippen molar-refractivity contribution in [2.24, 2.45) is 0 Å². The summed E-state index contributed by atoms with van der Waals surface area (Å²) in [5.74, 6) is 2.50. The Labute approximate surface area is 163 Å². The van der Waals surface area contributed by atoms with E-state index < -0.39 is 0 Å². The van der Waals surface area contributed by atoms with E-state index in [1.54, 1.807) is 18.6 Å². The number of aromatic nitrogens is 3. The Morgan fingerprint density at radius 1 is 0.714 bits per heavy atom. The minimum atomic E-state index is 0.434. The number of hydrogen-bond donors (Lipinski definition) is 2. The molecule has 0 fully saturated rings. The summed E-state index contributed by atoms with van der Waals surface area (Å²) in [5.41, 5.74) is 2.08. The van der Waals surface area contributed by atoms with Gasteiger partial charge in [-0.3, -0.25) is 0 Å². The Hall–Kier alpha value is -3.93. The van der Waals surface area contributed by atoms with Crippen molar-refractivity contribution in [1.29, 1.82) is 0 Å². The molecule has 0 spiro atoms. The summed E-state index contributed by atoms with van der Waals surface area (Å²) in [5, 5.41) is 6.51. The number of benzene rings is 2. The topological polar surface area (TPSA) is 72.0 Å². The van der Waals surface area contributed by atoms with Crippen molar-refractivity contribution < 1.29 is 4.74 Å². The van der Waals surface area contributed by atoms with E-state index in [0.717, 1.165) is 17.1 Å². The molecule has 0 atom stereocenters. The lowest BCUT2D eigenvalue weighted by Gasteiger charge is -2.11. The average molecular weight is 369 g/mol. The molecule has 4 aromatic rings. The molecule has 2 aromatic carbocycles. The number of nitrogens with one attached hydrogen (secondary N) is 2. The van der Waals surface area contributed by atoms with E-state index >= 15 is 0 Å². The highest BCUT2D eigenvalue weighted by Crippen LogP contribution is 2.27. The van der Waals surface area contributed by atoms with Gasteiger partial charge in [0.05, 0.1) is 0 Å². The lowest BCUT2D eigenvalue weighted by Crippen LogP contribution is -2.04. The van der Waals surface area contributed by atoms with E-state index in [2.05, 4.69) is 37.7 Å². The fraction of sp³-hybridized carbons (Fsp3) is 0.0455. The molecule has 6 heteroatoms. The second-order valence-corrected chi connectivity index (χ2v) is 6.02. The van der Waals surface area contributed by atoms with Gasteiger partial charge in [-0.15, -0.1) is 0 Å². The van der Waals surface area contributed by atoms with Gasteiger partial charge in [0.2, 0.25) is 0 Å². The van der Waals surface area contributed by atoms with Gasteiger partial charge in [0, 0.05) is 30.8 Å². The van der Waals surface area contributed by atoms with Crippen LogP contribution in [-0.2, 0) is 6.54 Å². The van der Waals surface area contributed by atoms with E-state index in [9.17, 15) is 0 Å². The quantitative estimate of drug-likeness (QED) is 0.477. The van der Waals surface area contributed by atoms with Crippen molar-refractivity contribution in [1.82, 2.24) is 15.0 Å². The van der Waals surface area contributed by atoms with Crippen molar-refractivity contribution in [2.45, 2.75) is 6.54 Å². The molecule has 0 aliphatic rings. The Bertz CT molecular complexity index is 1010. The van der Waals surface area contributed by atoms with Crippen molar-refractivity contribution in [3.63, 3.8) is 0 Å². The first-order valence-corrected chi connectivity index (χ1v) is 8.91. The van der Waals surface area contributed by atoms with Crippen molar-refractivity contribution in [3.05, 3.63) is 97.0 Å². The smallest absolute Gasteiger partial charge is 0.262 e. The maximum Gasteiger partial charge on any atom is 0.262 e. The van der Waals surface area contributed by atoms with Crippen LogP contribution in [0, 0.1) is 0 Å². The monoisotopic (exact) mass is 369 g/mol. The molecule has 138 valence electrons. The Kier molecular flexibility index (Phi) is 5.39. The molecular weight excluding hydrogens is 350 g/mol. The van der Waals surface area contributed by atoms with E-state index in [4.69, 9.17) is 4.74 Å². The maximum atomic E-state index is 5.92. The predicted molar refractivity (Wildman–Crippen MR) is 110 cm³/mol. The van der Waals surface area contributed by atoms with E-state index in [1.165, 1.54) is 0 Å². The number of anilines is 3. The van der Waals surface area contributed by atoms with Crippen LogP contribution in [0.5, 0.6) is 11.6 Å². The second kappa shape index (κ2) is 8.64. The van der Waals surface area contributed by atoms with Gasteiger partial charge in [-0.05, 0) is 42.0 Å². The number of pyridine rings is 1. The summed E-state index contributed by atoms with van der Waals surface area (Å²) in [4.78, 5) is 12.9. The largest absolute Gasteiger partial charge is 0.436 e. The number of hydrogen-bond acceptors (Lipinski definition) is 6. The van der Waals surface area contributed by atoms with Crippen LogP contribution in [0.4, 0.5) is 17.3 Å². The zero-order chi connectivity index (χ0) is 19.0. The zero-order valence-corrected chi connectivity index (χ0v) is 15.1. The van der Waals surface area contributed by atoms with Crippen LogP contribution in [0.25, 0.3) is 0 Å². The lowest BCUT2D eigenvalue weighted by atomic mass is 10.2. The third-order valence-electron chi connectivity index (χ3n) is 3.97. The highest BCUT2D eigenvalue weighted by molar-refractivity contribution is 5.57. The van der Waals surface area contributed by atoms with Gasteiger partial charge in [0.15, 0.2) is 5.82 Å². The molecule has 0 radical (unpaired) electrons. The highest BCUT2D eigenvalue weighted by Gasteiger charge is 2.08. The molecule has 2 N–H and O–H groups in total. The van der Waals surface area contributed by atoms with E-state index in [1.807, 2.05) is 60.7 Å². The SMILES string of the molecule is c1ccc(CNc2nccnc2Oc2ccc(Nc3ccccn3)cc2)cc1. The molecule has 0 aliphatic carbocycles. The van der Waals surface area contributed by atoms with Crippen LogP contribution in [0.1, 0.15) is 5.56 Å². The molecule has 6 nitrogen and oxygen atoms in total. The number of rotatable bonds is 7. The Balaban J connectivity index is 1.42. The second-order valence-electron chi connectivity index (χ2n) is 6.02. The first-order chi connectivity index (χ1) is 13.9. The maximum absolute atomic E-state index is 5.92. The van der Waals surface area contributed by atoms with Crippen molar-refractivity contribution >= 4 is 17.3 Å². The van der Waals surface area contributed by atoms with Crippen LogP contribution >= 0.6 is 0 Å². The molecule has 0 saturated heterocycles. The van der Waals surface area contributed by atoms with Gasteiger partial charge in [-0.25, -0.2) is 15.0 Å². The lowest BCUT2D eigenvalue weighted by molar-refractivity contribution is 0.462. The van der Waals surface area contributed by atoms with Crippen molar-refractivity contribution in [2.75, 3.05) is 10.6 Å². The van der Waals surface area contributed by atoms with Gasteiger partial charge >= 0.3 is 0 Å². The van der Waals surface area contributed by atoms with E-state index in [0.29, 0.717) is 24.0 Å². The summed E-state index contributed by atoms with van der Waals surface area (Å²) in [6.45, 7) is 0.642. The number of ether oxygens (including phenoxy) is 1. The fourth-order valence-electron chi connectivity index (χ4n) is 2.61. The minimum absolute atomic E-state index is 0.434. The molecule has 2 aromatic heterocycles. The molecule has 0 unspecified atom stereocenters. The Morgan fingerprint density at radius 3 is 2.29 bits per heavy atom. The van der Waals surface area contributed by atoms with Gasteiger partial charge in [0.25, 0.3) is 5.88 Å². The molecule has 28 heavy (non-hydrogen) atoms. The fourth-order valence-corrected chi connectivity index (χ4v) is 2.61. The van der Waals surface area contributed by atoms with Gasteiger partial charge in [-0.1, -0.05) is 36.4 Å². The molecule has 2 heterocycles. The summed E-state index contributed by atoms with van der Waals surface area (Å²) in [6.07, 6.45) is 5.00. The van der Waals surface area contributed by atoms with Crippen LogP contribution in [0.3, 0.4) is 0 Å². The van der Waals surface area contributed by atoms with Crippen LogP contribution < -0.4 is 15.4 Å². The van der Waals surface area contributed by atoms with Crippen LogP contribution in [0.2, 0.25) is 0 Å².